The Bertz CT molecular complexity index is 149. The molecule has 1 rings (SSSR count). The molecule has 0 aromatic rings. The van der Waals surface area contributed by atoms with E-state index in [1.165, 1.54) is 0 Å². The molecule has 0 amide bonds. The van der Waals surface area contributed by atoms with E-state index in [9.17, 15) is 0 Å². The second kappa shape index (κ2) is 4.40. The molecule has 1 unspecified atom stereocenters. The van der Waals surface area contributed by atoms with Gasteiger partial charge in [-0.25, -0.2) is 0 Å². The number of ether oxygens (including phenoxy) is 2. The van der Waals surface area contributed by atoms with Crippen molar-refractivity contribution in [3.63, 3.8) is 0 Å². The highest BCUT2D eigenvalue weighted by molar-refractivity contribution is 4.79. The molecule has 0 radical (unpaired) electrons. The van der Waals surface area contributed by atoms with Crippen molar-refractivity contribution in [3.05, 3.63) is 0 Å². The smallest absolute Gasteiger partial charge is 0.104 e. The van der Waals surface area contributed by atoms with E-state index in [-0.39, 0.29) is 5.41 Å². The lowest BCUT2D eigenvalue weighted by Gasteiger charge is -2.33. The van der Waals surface area contributed by atoms with Gasteiger partial charge in [-0.3, -0.25) is 0 Å². The summed E-state index contributed by atoms with van der Waals surface area (Å²) in [6.45, 7) is 8.95. The Morgan fingerprint density at radius 2 is 2.08 bits per heavy atom. The first-order valence-electron chi connectivity index (χ1n) is 4.90. The summed E-state index contributed by atoms with van der Waals surface area (Å²) in [7, 11) is 1.98. The van der Waals surface area contributed by atoms with Crippen molar-refractivity contribution in [2.45, 2.75) is 32.9 Å². The summed E-state index contributed by atoms with van der Waals surface area (Å²) in [6, 6.07) is 0.410. The second-order valence-electron chi connectivity index (χ2n) is 4.70. The molecule has 1 saturated heterocycles. The van der Waals surface area contributed by atoms with Crippen LogP contribution in [0, 0.1) is 5.41 Å². The monoisotopic (exact) mass is 187 g/mol. The second-order valence-corrected chi connectivity index (χ2v) is 4.70. The summed E-state index contributed by atoms with van der Waals surface area (Å²) in [5, 5.41) is 3.28. The zero-order valence-electron chi connectivity index (χ0n) is 9.09. The first-order chi connectivity index (χ1) is 6.04. The van der Waals surface area contributed by atoms with E-state index in [0.29, 0.717) is 12.1 Å². The van der Waals surface area contributed by atoms with Crippen LogP contribution in [0.4, 0.5) is 0 Å². The average molecular weight is 187 g/mol. The zero-order valence-corrected chi connectivity index (χ0v) is 9.09. The van der Waals surface area contributed by atoms with Crippen molar-refractivity contribution >= 4 is 0 Å². The molecule has 0 aliphatic carbocycles. The van der Waals surface area contributed by atoms with E-state index in [4.69, 9.17) is 9.47 Å². The Balaban J connectivity index is 2.22. The lowest BCUT2D eigenvalue weighted by Crippen LogP contribution is -2.45. The predicted octanol–water partition coefficient (Wildman–Crippen LogP) is 1.04. The molecule has 78 valence electrons. The highest BCUT2D eigenvalue weighted by Gasteiger charge is 2.26. The molecule has 3 nitrogen and oxygen atoms in total. The van der Waals surface area contributed by atoms with Crippen LogP contribution >= 0.6 is 0 Å². The molecule has 1 N–H and O–H groups in total. The Morgan fingerprint density at radius 3 is 2.38 bits per heavy atom. The molecule has 0 spiro atoms. The predicted molar refractivity (Wildman–Crippen MR) is 52.9 cm³/mol. The van der Waals surface area contributed by atoms with Gasteiger partial charge in [-0.05, 0) is 12.5 Å². The fraction of sp³-hybridized carbons (Fsp3) is 1.00. The lowest BCUT2D eigenvalue weighted by atomic mass is 9.87. The van der Waals surface area contributed by atoms with E-state index in [0.717, 1.165) is 19.8 Å². The average Bonchev–Trinajstić information content (AvgIpc) is 1.91. The number of likely N-dealkylation sites (N-methyl/N-ethyl adjacent to an activating group) is 1. The molecule has 0 bridgehead atoms. The molecule has 1 aliphatic rings. The van der Waals surface area contributed by atoms with Gasteiger partial charge in [-0.15, -0.1) is 0 Å². The van der Waals surface area contributed by atoms with Crippen molar-refractivity contribution in [3.8, 4) is 0 Å². The van der Waals surface area contributed by atoms with E-state index in [1.54, 1.807) is 0 Å². The van der Waals surface area contributed by atoms with Crippen LogP contribution in [0.1, 0.15) is 20.8 Å². The largest absolute Gasteiger partial charge is 0.376 e. The van der Waals surface area contributed by atoms with Crippen molar-refractivity contribution in [1.29, 1.82) is 0 Å². The molecule has 1 fully saturated rings. The van der Waals surface area contributed by atoms with Crippen LogP contribution in [-0.4, -0.2) is 39.0 Å². The van der Waals surface area contributed by atoms with Gasteiger partial charge in [-0.2, -0.15) is 0 Å². The molecule has 0 aromatic carbocycles. The van der Waals surface area contributed by atoms with E-state index >= 15 is 0 Å². The lowest BCUT2D eigenvalue weighted by molar-refractivity contribution is -0.136. The molecule has 1 atom stereocenters. The fourth-order valence-electron chi connectivity index (χ4n) is 1.31. The van der Waals surface area contributed by atoms with Crippen molar-refractivity contribution < 1.29 is 9.47 Å². The topological polar surface area (TPSA) is 30.5 Å². The number of hydrogen-bond acceptors (Lipinski definition) is 3. The maximum absolute atomic E-state index is 5.67. The van der Waals surface area contributed by atoms with E-state index < -0.39 is 0 Å². The molecule has 13 heavy (non-hydrogen) atoms. The number of hydrogen-bond donors (Lipinski definition) is 1. The van der Waals surface area contributed by atoms with Crippen LogP contribution in [0.15, 0.2) is 0 Å². The summed E-state index contributed by atoms with van der Waals surface area (Å²) < 4.78 is 10.7. The van der Waals surface area contributed by atoms with Crippen LogP contribution in [0.2, 0.25) is 0 Å². The van der Waals surface area contributed by atoms with Crippen molar-refractivity contribution in [2.24, 2.45) is 5.41 Å². The third-order valence-electron chi connectivity index (χ3n) is 2.50. The van der Waals surface area contributed by atoms with E-state index in [2.05, 4.69) is 26.1 Å². The Labute approximate surface area is 80.8 Å². The maximum atomic E-state index is 5.67. The van der Waals surface area contributed by atoms with Gasteiger partial charge in [-0.1, -0.05) is 20.8 Å². The third kappa shape index (κ3) is 3.25. The van der Waals surface area contributed by atoms with Crippen LogP contribution in [0.3, 0.4) is 0 Å². The van der Waals surface area contributed by atoms with Crippen LogP contribution in [-0.2, 0) is 9.47 Å². The Morgan fingerprint density at radius 1 is 1.46 bits per heavy atom. The minimum absolute atomic E-state index is 0.249. The summed E-state index contributed by atoms with van der Waals surface area (Å²) in [4.78, 5) is 0. The minimum atomic E-state index is 0.249. The summed E-state index contributed by atoms with van der Waals surface area (Å²) in [5.41, 5.74) is 0.249. The fourth-order valence-corrected chi connectivity index (χ4v) is 1.31. The standard InChI is InChI=1S/C10H21NO2/c1-10(2,3)9(11-4)7-13-8-5-12-6-8/h8-9,11H,5-7H2,1-4H3. The summed E-state index contributed by atoms with van der Waals surface area (Å²) in [6.07, 6.45) is 0.332. The summed E-state index contributed by atoms with van der Waals surface area (Å²) >= 11 is 0. The van der Waals surface area contributed by atoms with Gasteiger partial charge >= 0.3 is 0 Å². The highest BCUT2D eigenvalue weighted by atomic mass is 16.6. The molecule has 1 aliphatic heterocycles. The van der Waals surface area contributed by atoms with Gasteiger partial charge in [0, 0.05) is 6.04 Å². The number of rotatable bonds is 4. The van der Waals surface area contributed by atoms with Gasteiger partial charge in [0.05, 0.1) is 19.8 Å². The molecule has 3 heteroatoms. The first-order valence-corrected chi connectivity index (χ1v) is 4.90. The molecular formula is C10H21NO2. The van der Waals surface area contributed by atoms with Gasteiger partial charge in [0.15, 0.2) is 0 Å². The maximum Gasteiger partial charge on any atom is 0.104 e. The van der Waals surface area contributed by atoms with Gasteiger partial charge in [0.2, 0.25) is 0 Å². The van der Waals surface area contributed by atoms with Crippen molar-refractivity contribution in [2.75, 3.05) is 26.9 Å². The zero-order chi connectivity index (χ0) is 9.90. The number of nitrogens with one attached hydrogen (secondary N) is 1. The molecule has 0 aromatic heterocycles. The molecule has 1 heterocycles. The Kier molecular flexibility index (Phi) is 3.71. The quantitative estimate of drug-likeness (QED) is 0.713. The van der Waals surface area contributed by atoms with Gasteiger partial charge in [0.1, 0.15) is 6.10 Å². The molecule has 0 saturated carbocycles. The van der Waals surface area contributed by atoms with Gasteiger partial charge < -0.3 is 14.8 Å². The normalized spacial score (nSPS) is 21.2. The van der Waals surface area contributed by atoms with Gasteiger partial charge in [0.25, 0.3) is 0 Å². The highest BCUT2D eigenvalue weighted by Crippen LogP contribution is 2.20. The van der Waals surface area contributed by atoms with E-state index in [1.807, 2.05) is 7.05 Å². The third-order valence-corrected chi connectivity index (χ3v) is 2.50. The first kappa shape index (κ1) is 11.0. The minimum Gasteiger partial charge on any atom is -0.376 e. The Hall–Kier alpha value is -0.120. The van der Waals surface area contributed by atoms with Crippen LogP contribution in [0.5, 0.6) is 0 Å². The SMILES string of the molecule is CNC(COC1COC1)C(C)(C)C. The summed E-state index contributed by atoms with van der Waals surface area (Å²) in [5.74, 6) is 0. The molecular weight excluding hydrogens is 166 g/mol. The van der Waals surface area contributed by atoms with Crippen LogP contribution < -0.4 is 5.32 Å². The van der Waals surface area contributed by atoms with Crippen LogP contribution in [0.25, 0.3) is 0 Å². The van der Waals surface area contributed by atoms with Crippen molar-refractivity contribution in [1.82, 2.24) is 5.32 Å².